The number of hydrogen-bond donors (Lipinski definition) is 1. The largest absolute Gasteiger partial charge is 0.506 e. The van der Waals surface area contributed by atoms with Crippen LogP contribution in [-0.4, -0.2) is 57.3 Å². The minimum absolute atomic E-state index is 0.0363. The molecule has 250 valence electrons. The highest BCUT2D eigenvalue weighted by Gasteiger charge is 2.81. The van der Waals surface area contributed by atoms with Crippen molar-refractivity contribution < 1.29 is 43.2 Å². The number of Topliss-reactive ketones (excluding diaryl/α,β-unsaturated/α-hetero) is 2. The summed E-state index contributed by atoms with van der Waals surface area (Å²) >= 11 is 0. The fourth-order valence-corrected chi connectivity index (χ4v) is 8.70. The summed E-state index contributed by atoms with van der Waals surface area (Å²) in [4.78, 5) is 40.3. The highest BCUT2D eigenvalue weighted by Crippen LogP contribution is 2.69. The zero-order chi connectivity index (χ0) is 33.9. The lowest BCUT2D eigenvalue weighted by molar-refractivity contribution is -0.171. The van der Waals surface area contributed by atoms with Crippen molar-refractivity contribution in [2.45, 2.75) is 122 Å². The van der Waals surface area contributed by atoms with Gasteiger partial charge < -0.3 is 28.8 Å². The van der Waals surface area contributed by atoms with Crippen molar-refractivity contribution in [2.24, 2.45) is 11.8 Å². The van der Waals surface area contributed by atoms with Gasteiger partial charge in [0.05, 0.1) is 22.9 Å². The summed E-state index contributed by atoms with van der Waals surface area (Å²) in [6.45, 7) is 16.0. The van der Waals surface area contributed by atoms with Gasteiger partial charge in [-0.25, -0.2) is 0 Å². The van der Waals surface area contributed by atoms with Crippen LogP contribution in [0.15, 0.2) is 41.2 Å². The molecule has 8 rings (SSSR count). The molecule has 1 aromatic rings. The average molecular weight is 645 g/mol. The Morgan fingerprint density at radius 3 is 2.43 bits per heavy atom. The molecule has 1 saturated carbocycles. The molecule has 1 N–H and O–H groups in total. The molecule has 9 heteroatoms. The summed E-state index contributed by atoms with van der Waals surface area (Å²) in [5, 5.41) is 11.8. The van der Waals surface area contributed by atoms with Gasteiger partial charge in [0.15, 0.2) is 22.8 Å². The molecule has 4 bridgehead atoms. The van der Waals surface area contributed by atoms with Gasteiger partial charge in [0.2, 0.25) is 0 Å². The fraction of sp³-hybridized carbons (Fsp3) is 0.553. The van der Waals surface area contributed by atoms with Crippen molar-refractivity contribution in [3.05, 3.63) is 57.9 Å². The number of ketones is 2. The molecule has 0 aromatic heterocycles. The lowest BCUT2D eigenvalue weighted by Crippen LogP contribution is -2.72. The van der Waals surface area contributed by atoms with Gasteiger partial charge in [0.1, 0.15) is 34.2 Å². The summed E-state index contributed by atoms with van der Waals surface area (Å²) in [6, 6.07) is 0. The van der Waals surface area contributed by atoms with Crippen LogP contribution < -0.4 is 9.47 Å². The Balaban J connectivity index is 1.43. The normalized spacial score (nSPS) is 34.8. The SMILES string of the molecule is CC(C)=CCC[C@]1(C)C=Cc2c(O)c3c(c(CC4OC4(C)C)c2O1)O[C@]12C(=C[C@@H]4CC1C(C)(C)OC2(C/C=C(/C)OC=O)C4=O)C3=O. The molecule has 3 fully saturated rings. The van der Waals surface area contributed by atoms with Crippen molar-refractivity contribution in [3.8, 4) is 17.2 Å². The molecule has 2 saturated heterocycles. The summed E-state index contributed by atoms with van der Waals surface area (Å²) in [5.74, 6) is -0.691. The third-order valence-corrected chi connectivity index (χ3v) is 11.2. The van der Waals surface area contributed by atoms with Crippen molar-refractivity contribution >= 4 is 24.1 Å². The van der Waals surface area contributed by atoms with Gasteiger partial charge >= 0.3 is 0 Å². The molecular formula is C38H44O9. The summed E-state index contributed by atoms with van der Waals surface area (Å²) in [7, 11) is 0. The van der Waals surface area contributed by atoms with Gasteiger partial charge in [-0.3, -0.25) is 14.4 Å². The Morgan fingerprint density at radius 2 is 1.77 bits per heavy atom. The molecule has 4 aliphatic heterocycles. The second-order valence-electron chi connectivity index (χ2n) is 15.5. The van der Waals surface area contributed by atoms with Crippen LogP contribution >= 0.6 is 0 Å². The number of fused-ring (bicyclic) bond motifs is 2. The topological polar surface area (TPSA) is 121 Å². The number of carbonyl (C=O) groups is 3. The third-order valence-electron chi connectivity index (χ3n) is 11.2. The van der Waals surface area contributed by atoms with E-state index in [1.54, 1.807) is 19.1 Å². The maximum atomic E-state index is 14.8. The van der Waals surface area contributed by atoms with E-state index in [0.717, 1.165) is 6.42 Å². The first-order valence-electron chi connectivity index (χ1n) is 16.6. The van der Waals surface area contributed by atoms with Crippen LogP contribution in [0.4, 0.5) is 0 Å². The Bertz CT molecular complexity index is 1740. The molecule has 3 aliphatic carbocycles. The lowest BCUT2D eigenvalue weighted by atomic mass is 9.51. The van der Waals surface area contributed by atoms with Gasteiger partial charge in [-0.1, -0.05) is 17.7 Å². The zero-order valence-electron chi connectivity index (χ0n) is 28.4. The van der Waals surface area contributed by atoms with Crippen LogP contribution in [0.2, 0.25) is 0 Å². The van der Waals surface area contributed by atoms with E-state index in [0.29, 0.717) is 53.9 Å². The minimum Gasteiger partial charge on any atom is -0.506 e. The molecule has 7 aliphatic rings. The van der Waals surface area contributed by atoms with E-state index in [1.807, 2.05) is 46.8 Å². The summed E-state index contributed by atoms with van der Waals surface area (Å²) in [5.41, 5.74) is -2.26. The molecule has 1 spiro atoms. The number of allylic oxidation sites excluding steroid dienone is 4. The standard InChI is InChI=1S/C38H44O9/c1-20(2)10-9-13-36(8)14-12-23-29(40)28-30(41)25-16-22-17-26-34(4,5)47-37(33(22)42,15-11-21(3)43-19-39)38(25,26)46-32(28)24(31(23)45-36)18-27-35(6,7)44-27/h10-12,14,16,19,22,26-27,40H,9,13,15,17-18H2,1-8H3/b21-11-/t22-,26?,27?,36-,37?,38-/m1/s1. The summed E-state index contributed by atoms with van der Waals surface area (Å²) < 4.78 is 31.9. The van der Waals surface area contributed by atoms with E-state index in [-0.39, 0.29) is 52.7 Å². The molecule has 4 heterocycles. The Kier molecular flexibility index (Phi) is 6.89. The Hall–Kier alpha value is -3.69. The van der Waals surface area contributed by atoms with Crippen molar-refractivity contribution in [1.82, 2.24) is 0 Å². The number of phenolic OH excluding ortho intramolecular Hbond substituents is 1. The third kappa shape index (κ3) is 4.45. The number of phenols is 1. The maximum absolute atomic E-state index is 14.8. The van der Waals surface area contributed by atoms with Crippen LogP contribution in [0, 0.1) is 11.8 Å². The van der Waals surface area contributed by atoms with Gasteiger partial charge in [-0.05, 0) is 92.9 Å². The number of carbonyl (C=O) groups excluding carboxylic acids is 3. The highest BCUT2D eigenvalue weighted by molar-refractivity contribution is 6.19. The molecule has 47 heavy (non-hydrogen) atoms. The number of hydrogen-bond acceptors (Lipinski definition) is 9. The molecule has 0 amide bonds. The van der Waals surface area contributed by atoms with E-state index < -0.39 is 28.3 Å². The first-order chi connectivity index (χ1) is 22.0. The van der Waals surface area contributed by atoms with Gasteiger partial charge in [0.25, 0.3) is 6.47 Å². The predicted octanol–water partition coefficient (Wildman–Crippen LogP) is 6.50. The van der Waals surface area contributed by atoms with Gasteiger partial charge in [-0.15, -0.1) is 0 Å². The van der Waals surface area contributed by atoms with E-state index in [2.05, 4.69) is 19.9 Å². The predicted molar refractivity (Wildman–Crippen MR) is 173 cm³/mol. The quantitative estimate of drug-likeness (QED) is 0.139. The van der Waals surface area contributed by atoms with Gasteiger partial charge in [0, 0.05) is 35.8 Å². The highest BCUT2D eigenvalue weighted by atomic mass is 16.6. The smallest absolute Gasteiger partial charge is 0.298 e. The second-order valence-corrected chi connectivity index (χ2v) is 15.5. The number of rotatable bonds is 9. The van der Waals surface area contributed by atoms with E-state index in [9.17, 15) is 19.5 Å². The number of epoxide rings is 1. The molecular weight excluding hydrogens is 600 g/mol. The van der Waals surface area contributed by atoms with Gasteiger partial charge in [-0.2, -0.15) is 0 Å². The lowest BCUT2D eigenvalue weighted by Gasteiger charge is -2.56. The Labute approximate surface area is 275 Å². The van der Waals surface area contributed by atoms with Crippen molar-refractivity contribution in [1.29, 1.82) is 0 Å². The number of aromatic hydroxyl groups is 1. The van der Waals surface area contributed by atoms with E-state index in [1.165, 1.54) is 5.57 Å². The van der Waals surface area contributed by atoms with Crippen LogP contribution in [0.3, 0.4) is 0 Å². The molecule has 1 aromatic carbocycles. The van der Waals surface area contributed by atoms with Crippen molar-refractivity contribution in [3.63, 3.8) is 0 Å². The second kappa shape index (κ2) is 10.2. The number of benzene rings is 1. The number of ether oxygens (including phenoxy) is 5. The molecule has 6 atom stereocenters. The zero-order valence-corrected chi connectivity index (χ0v) is 28.4. The van der Waals surface area contributed by atoms with E-state index >= 15 is 0 Å². The summed E-state index contributed by atoms with van der Waals surface area (Å²) in [6.07, 6.45) is 11.5. The molecule has 3 unspecified atom stereocenters. The molecule has 0 radical (unpaired) electrons. The average Bonchev–Trinajstić information content (AvgIpc) is 3.55. The molecule has 9 nitrogen and oxygen atoms in total. The minimum atomic E-state index is -1.56. The van der Waals surface area contributed by atoms with Crippen LogP contribution in [0.1, 0.15) is 103 Å². The Morgan fingerprint density at radius 1 is 1.04 bits per heavy atom. The van der Waals surface area contributed by atoms with Crippen LogP contribution in [-0.2, 0) is 30.2 Å². The van der Waals surface area contributed by atoms with Crippen LogP contribution in [0.5, 0.6) is 17.2 Å². The fourth-order valence-electron chi connectivity index (χ4n) is 8.70. The first-order valence-corrected chi connectivity index (χ1v) is 16.6. The van der Waals surface area contributed by atoms with Crippen molar-refractivity contribution in [2.75, 3.05) is 0 Å². The van der Waals surface area contributed by atoms with E-state index in [4.69, 9.17) is 23.7 Å². The monoisotopic (exact) mass is 644 g/mol. The maximum Gasteiger partial charge on any atom is 0.298 e. The van der Waals surface area contributed by atoms with Crippen LogP contribution in [0.25, 0.3) is 6.08 Å². The first kappa shape index (κ1) is 31.9.